The fourth-order valence-corrected chi connectivity index (χ4v) is 2.95. The third-order valence-electron chi connectivity index (χ3n) is 4.54. The van der Waals surface area contributed by atoms with E-state index in [1.54, 1.807) is 36.7 Å². The Bertz CT molecular complexity index is 1350. The predicted octanol–water partition coefficient (Wildman–Crippen LogP) is 0.608. The number of benzene rings is 1. The first-order valence-corrected chi connectivity index (χ1v) is 9.68. The maximum Gasteiger partial charge on any atom is 0.267 e. The zero-order chi connectivity index (χ0) is 22.5. The summed E-state index contributed by atoms with van der Waals surface area (Å²) in [7, 11) is 0. The number of carbonyl (C=O) groups excluding carboxylic acids is 1. The van der Waals surface area contributed by atoms with Crippen LogP contribution in [0.15, 0.2) is 76.6 Å². The molecule has 1 aromatic carbocycles. The topological polar surface area (TPSA) is 117 Å². The number of nitrogens with one attached hydrogen (secondary N) is 1. The van der Waals surface area contributed by atoms with Crippen LogP contribution in [-0.4, -0.2) is 41.8 Å². The quantitative estimate of drug-likeness (QED) is 0.455. The predicted molar refractivity (Wildman–Crippen MR) is 113 cm³/mol. The van der Waals surface area contributed by atoms with E-state index in [0.717, 1.165) is 4.68 Å². The van der Waals surface area contributed by atoms with Gasteiger partial charge in [0.1, 0.15) is 12.4 Å². The largest absolute Gasteiger partial charge is 0.353 e. The summed E-state index contributed by atoms with van der Waals surface area (Å²) in [6.45, 7) is -0.0483. The van der Waals surface area contributed by atoms with Crippen molar-refractivity contribution in [2.45, 2.75) is 13.1 Å². The highest BCUT2D eigenvalue weighted by Gasteiger charge is 2.09. The van der Waals surface area contributed by atoms with Gasteiger partial charge in [-0.2, -0.15) is 10.2 Å². The van der Waals surface area contributed by atoms with Crippen LogP contribution in [0.4, 0.5) is 4.39 Å². The van der Waals surface area contributed by atoms with Crippen LogP contribution < -0.4 is 16.4 Å². The first kappa shape index (κ1) is 20.8. The average molecular weight is 435 g/mol. The van der Waals surface area contributed by atoms with E-state index in [4.69, 9.17) is 0 Å². The molecule has 0 radical (unpaired) electrons. The summed E-state index contributed by atoms with van der Waals surface area (Å²) < 4.78 is 16.8. The Morgan fingerprint density at radius 3 is 2.44 bits per heavy atom. The standard InChI is InChI=1S/C21H18FN7O3/c22-16-4-2-15(3-5-16)17-6-8-20(31)28(25-17)13-11-23-19(30)14-29-21(32)9-7-18(26-29)27-12-1-10-24-27/h1-10,12H,11,13-14H2,(H,23,30). The Morgan fingerprint density at radius 1 is 0.938 bits per heavy atom. The first-order valence-electron chi connectivity index (χ1n) is 9.68. The third-order valence-corrected chi connectivity index (χ3v) is 4.54. The molecule has 1 N–H and O–H groups in total. The molecule has 4 aromatic rings. The van der Waals surface area contributed by atoms with Gasteiger partial charge in [0.15, 0.2) is 5.82 Å². The summed E-state index contributed by atoms with van der Waals surface area (Å²) in [6.07, 6.45) is 3.24. The second-order valence-corrected chi connectivity index (χ2v) is 6.77. The molecular formula is C21H18FN7O3. The van der Waals surface area contributed by atoms with E-state index >= 15 is 0 Å². The molecule has 0 fully saturated rings. The molecule has 11 heteroatoms. The Morgan fingerprint density at radius 2 is 1.69 bits per heavy atom. The van der Waals surface area contributed by atoms with Gasteiger partial charge < -0.3 is 5.32 Å². The molecule has 0 unspecified atom stereocenters. The van der Waals surface area contributed by atoms with Gasteiger partial charge in [-0.15, -0.1) is 5.10 Å². The number of rotatable bonds is 7. The molecule has 0 saturated carbocycles. The molecule has 0 spiro atoms. The van der Waals surface area contributed by atoms with Gasteiger partial charge in [0, 0.05) is 36.6 Å². The van der Waals surface area contributed by atoms with Crippen LogP contribution >= 0.6 is 0 Å². The Labute approximate surface area is 180 Å². The molecule has 162 valence electrons. The second-order valence-electron chi connectivity index (χ2n) is 6.77. The highest BCUT2D eigenvalue weighted by atomic mass is 19.1. The molecule has 0 aliphatic rings. The maximum absolute atomic E-state index is 13.1. The minimum Gasteiger partial charge on any atom is -0.353 e. The van der Waals surface area contributed by atoms with E-state index in [-0.39, 0.29) is 31.0 Å². The Kier molecular flexibility index (Phi) is 5.97. The molecular weight excluding hydrogens is 417 g/mol. The second kappa shape index (κ2) is 9.16. The normalized spacial score (nSPS) is 10.8. The summed E-state index contributed by atoms with van der Waals surface area (Å²) in [5, 5.41) is 15.1. The Balaban J connectivity index is 1.39. The lowest BCUT2D eigenvalue weighted by atomic mass is 10.1. The van der Waals surface area contributed by atoms with Gasteiger partial charge >= 0.3 is 0 Å². The van der Waals surface area contributed by atoms with Crippen molar-refractivity contribution in [3.63, 3.8) is 0 Å². The van der Waals surface area contributed by atoms with Gasteiger partial charge in [0.05, 0.1) is 12.2 Å². The van der Waals surface area contributed by atoms with E-state index in [1.807, 2.05) is 0 Å². The summed E-state index contributed by atoms with van der Waals surface area (Å²) >= 11 is 0. The van der Waals surface area contributed by atoms with Crippen LogP contribution in [0.3, 0.4) is 0 Å². The lowest BCUT2D eigenvalue weighted by molar-refractivity contribution is -0.121. The minimum atomic E-state index is -0.444. The van der Waals surface area contributed by atoms with Crippen LogP contribution in [0.1, 0.15) is 0 Å². The zero-order valence-corrected chi connectivity index (χ0v) is 16.8. The molecule has 0 aliphatic heterocycles. The Hall–Kier alpha value is -4.41. The summed E-state index contributed by atoms with van der Waals surface area (Å²) in [5.41, 5.74) is 0.393. The van der Waals surface area contributed by atoms with Crippen molar-refractivity contribution >= 4 is 5.91 Å². The van der Waals surface area contributed by atoms with Crippen molar-refractivity contribution < 1.29 is 9.18 Å². The summed E-state index contributed by atoms with van der Waals surface area (Å²) in [5.74, 6) is -0.413. The minimum absolute atomic E-state index is 0.117. The van der Waals surface area contributed by atoms with Crippen molar-refractivity contribution in [3.05, 3.63) is 93.5 Å². The molecule has 0 bridgehead atoms. The van der Waals surface area contributed by atoms with Gasteiger partial charge in [-0.3, -0.25) is 14.4 Å². The molecule has 3 heterocycles. The molecule has 10 nitrogen and oxygen atoms in total. The number of carbonyl (C=O) groups is 1. The molecule has 4 rings (SSSR count). The van der Waals surface area contributed by atoms with Crippen LogP contribution in [0.5, 0.6) is 0 Å². The number of hydrogen-bond donors (Lipinski definition) is 1. The van der Waals surface area contributed by atoms with Gasteiger partial charge in [0.25, 0.3) is 11.1 Å². The molecule has 0 saturated heterocycles. The number of aromatic nitrogens is 6. The average Bonchev–Trinajstić information content (AvgIpc) is 3.32. The van der Waals surface area contributed by atoms with Crippen LogP contribution in [-0.2, 0) is 17.9 Å². The van der Waals surface area contributed by atoms with Crippen LogP contribution in [0, 0.1) is 5.82 Å². The fraction of sp³-hybridized carbons (Fsp3) is 0.143. The van der Waals surface area contributed by atoms with Gasteiger partial charge in [0.2, 0.25) is 5.91 Å². The maximum atomic E-state index is 13.1. The third kappa shape index (κ3) is 4.83. The van der Waals surface area contributed by atoms with Crippen LogP contribution in [0.25, 0.3) is 17.1 Å². The molecule has 0 atom stereocenters. The summed E-state index contributed by atoms with van der Waals surface area (Å²) in [4.78, 5) is 36.4. The molecule has 3 aromatic heterocycles. The van der Waals surface area contributed by atoms with E-state index in [1.165, 1.54) is 39.7 Å². The van der Waals surface area contributed by atoms with Crippen molar-refractivity contribution in [1.29, 1.82) is 0 Å². The SMILES string of the molecule is O=C(Cn1nc(-n2cccn2)ccc1=O)NCCn1nc(-c2ccc(F)cc2)ccc1=O. The van der Waals surface area contributed by atoms with Crippen molar-refractivity contribution in [3.8, 4) is 17.1 Å². The lowest BCUT2D eigenvalue weighted by Crippen LogP contribution is -2.36. The fourth-order valence-electron chi connectivity index (χ4n) is 2.95. The number of halogens is 1. The molecule has 32 heavy (non-hydrogen) atoms. The summed E-state index contributed by atoms with van der Waals surface area (Å²) in [6, 6.07) is 13.2. The van der Waals surface area contributed by atoms with Gasteiger partial charge in [-0.05, 0) is 42.5 Å². The molecule has 1 amide bonds. The van der Waals surface area contributed by atoms with Gasteiger partial charge in [-0.25, -0.2) is 18.4 Å². The number of amides is 1. The van der Waals surface area contributed by atoms with Gasteiger partial charge in [-0.1, -0.05) is 0 Å². The smallest absolute Gasteiger partial charge is 0.267 e. The van der Waals surface area contributed by atoms with E-state index in [9.17, 15) is 18.8 Å². The van der Waals surface area contributed by atoms with Crippen molar-refractivity contribution in [2.24, 2.45) is 0 Å². The molecule has 0 aliphatic carbocycles. The van der Waals surface area contributed by atoms with Crippen molar-refractivity contribution in [2.75, 3.05) is 6.54 Å². The van der Waals surface area contributed by atoms with E-state index in [0.29, 0.717) is 17.1 Å². The zero-order valence-electron chi connectivity index (χ0n) is 16.8. The van der Waals surface area contributed by atoms with Crippen LogP contribution in [0.2, 0.25) is 0 Å². The number of nitrogens with zero attached hydrogens (tertiary/aromatic N) is 6. The lowest BCUT2D eigenvalue weighted by Gasteiger charge is -2.10. The highest BCUT2D eigenvalue weighted by Crippen LogP contribution is 2.15. The van der Waals surface area contributed by atoms with E-state index in [2.05, 4.69) is 20.6 Å². The number of hydrogen-bond acceptors (Lipinski definition) is 6. The van der Waals surface area contributed by atoms with Crippen molar-refractivity contribution in [1.82, 2.24) is 34.7 Å². The first-order chi connectivity index (χ1) is 15.5. The highest BCUT2D eigenvalue weighted by molar-refractivity contribution is 5.75. The monoisotopic (exact) mass is 435 g/mol. The van der Waals surface area contributed by atoms with E-state index < -0.39 is 11.5 Å².